The van der Waals surface area contributed by atoms with Crippen molar-refractivity contribution in [3.8, 4) is 5.75 Å². The molecule has 0 aliphatic heterocycles. The van der Waals surface area contributed by atoms with Gasteiger partial charge in [-0.15, -0.1) is 0 Å². The molecule has 0 spiro atoms. The number of halogens is 3. The Morgan fingerprint density at radius 2 is 1.82 bits per heavy atom. The first kappa shape index (κ1) is 22.7. The van der Waals surface area contributed by atoms with Crippen LogP contribution in [0.4, 0.5) is 4.39 Å². The molecule has 1 N–H and O–H groups in total. The molecule has 0 amide bonds. The minimum Gasteiger partial charge on any atom is -0.505 e. The lowest BCUT2D eigenvalue weighted by Crippen LogP contribution is -2.23. The number of pyridine rings is 1. The molecule has 0 unspecified atom stereocenters. The van der Waals surface area contributed by atoms with Crippen LogP contribution in [0.3, 0.4) is 0 Å². The topological polar surface area (TPSA) is 72.4 Å². The van der Waals surface area contributed by atoms with Crippen LogP contribution < -0.4 is 11.2 Å². The lowest BCUT2D eigenvalue weighted by Gasteiger charge is -2.14. The summed E-state index contributed by atoms with van der Waals surface area (Å²) >= 11 is 10.4. The standard InChI is InChI=1S/C25H14BrClFNO4S/c26-14-6-9-18-19(10-14)29(12-13-4-7-16(28)8-5-13)24(31)20-21(30)23(25(32)33-22(18)20)34-17-3-1-2-15(27)11-17/h1-11,30H,12H2. The van der Waals surface area contributed by atoms with Crippen molar-refractivity contribution in [1.29, 1.82) is 0 Å². The highest BCUT2D eigenvalue weighted by Gasteiger charge is 2.22. The van der Waals surface area contributed by atoms with E-state index in [1.54, 1.807) is 54.6 Å². The highest BCUT2D eigenvalue weighted by atomic mass is 79.9. The highest BCUT2D eigenvalue weighted by Crippen LogP contribution is 2.38. The predicted molar refractivity (Wildman–Crippen MR) is 135 cm³/mol. The summed E-state index contributed by atoms with van der Waals surface area (Å²) in [6, 6.07) is 17.7. The Morgan fingerprint density at radius 1 is 1.06 bits per heavy atom. The van der Waals surface area contributed by atoms with Crippen LogP contribution >= 0.6 is 39.3 Å². The van der Waals surface area contributed by atoms with Crippen molar-refractivity contribution >= 4 is 61.2 Å². The largest absolute Gasteiger partial charge is 0.505 e. The highest BCUT2D eigenvalue weighted by molar-refractivity contribution is 9.10. The average molecular weight is 559 g/mol. The van der Waals surface area contributed by atoms with Crippen LogP contribution in [0, 0.1) is 5.82 Å². The molecule has 9 heteroatoms. The molecule has 5 nitrogen and oxygen atoms in total. The Morgan fingerprint density at radius 3 is 2.56 bits per heavy atom. The monoisotopic (exact) mass is 557 g/mol. The maximum atomic E-state index is 13.6. The van der Waals surface area contributed by atoms with Crippen molar-refractivity contribution in [2.75, 3.05) is 0 Å². The van der Waals surface area contributed by atoms with E-state index in [0.717, 1.165) is 11.8 Å². The zero-order chi connectivity index (χ0) is 24.0. The fourth-order valence-corrected chi connectivity index (χ4v) is 5.22. The minimum absolute atomic E-state index is 0.000741. The third kappa shape index (κ3) is 4.13. The number of benzene rings is 3. The molecular weight excluding hydrogens is 545 g/mol. The fourth-order valence-electron chi connectivity index (χ4n) is 3.73. The smallest absolute Gasteiger partial charge is 0.354 e. The number of hydrogen-bond donors (Lipinski definition) is 1. The van der Waals surface area contributed by atoms with Gasteiger partial charge in [-0.1, -0.05) is 57.5 Å². The summed E-state index contributed by atoms with van der Waals surface area (Å²) in [5.74, 6) is -0.844. The molecule has 0 radical (unpaired) electrons. The van der Waals surface area contributed by atoms with Crippen LogP contribution in [0.1, 0.15) is 5.56 Å². The van der Waals surface area contributed by atoms with E-state index in [0.29, 0.717) is 30.9 Å². The average Bonchev–Trinajstić information content (AvgIpc) is 2.80. The van der Waals surface area contributed by atoms with Crippen LogP contribution in [0.2, 0.25) is 5.02 Å². The van der Waals surface area contributed by atoms with Crippen LogP contribution in [0.5, 0.6) is 5.75 Å². The van der Waals surface area contributed by atoms with E-state index >= 15 is 0 Å². The number of rotatable bonds is 4. The molecule has 0 bridgehead atoms. The van der Waals surface area contributed by atoms with E-state index in [4.69, 9.17) is 16.0 Å². The minimum atomic E-state index is -0.769. The Labute approximate surface area is 209 Å². The Kier molecular flexibility index (Phi) is 5.97. The SMILES string of the molecule is O=c1oc2c(c(O)c1Sc1cccc(Cl)c1)c(=O)n(Cc1ccc(F)cc1)c1cc(Br)ccc21. The first-order valence-electron chi connectivity index (χ1n) is 10.0. The van der Waals surface area contributed by atoms with E-state index in [9.17, 15) is 19.1 Å². The van der Waals surface area contributed by atoms with Crippen LogP contribution in [-0.2, 0) is 6.54 Å². The lowest BCUT2D eigenvalue weighted by atomic mass is 10.1. The van der Waals surface area contributed by atoms with Crippen molar-refractivity contribution in [2.24, 2.45) is 0 Å². The number of nitrogens with zero attached hydrogens (tertiary/aromatic N) is 1. The number of aromatic nitrogens is 1. The van der Waals surface area contributed by atoms with Crippen molar-refractivity contribution in [3.63, 3.8) is 0 Å². The molecule has 0 aliphatic rings. The third-order valence-electron chi connectivity index (χ3n) is 5.28. The molecule has 0 saturated carbocycles. The molecule has 0 saturated heterocycles. The summed E-state index contributed by atoms with van der Waals surface area (Å²) in [5.41, 5.74) is -0.127. The zero-order valence-electron chi connectivity index (χ0n) is 17.2. The second-order valence-electron chi connectivity index (χ2n) is 7.51. The molecule has 2 aromatic heterocycles. The maximum Gasteiger partial charge on any atom is 0.354 e. The fraction of sp³-hybridized carbons (Fsp3) is 0.0400. The quantitative estimate of drug-likeness (QED) is 0.253. The summed E-state index contributed by atoms with van der Waals surface area (Å²) in [4.78, 5) is 27.0. The zero-order valence-corrected chi connectivity index (χ0v) is 20.4. The maximum absolute atomic E-state index is 13.6. The normalized spacial score (nSPS) is 11.4. The van der Waals surface area contributed by atoms with Gasteiger partial charge in [-0.25, -0.2) is 9.18 Å². The number of aromatic hydroxyl groups is 1. The predicted octanol–water partition coefficient (Wildman–Crippen LogP) is 6.57. The van der Waals surface area contributed by atoms with E-state index < -0.39 is 16.9 Å². The number of fused-ring (bicyclic) bond motifs is 3. The van der Waals surface area contributed by atoms with Gasteiger partial charge in [0.25, 0.3) is 5.56 Å². The summed E-state index contributed by atoms with van der Waals surface area (Å²) < 4.78 is 21.2. The van der Waals surface area contributed by atoms with Gasteiger partial charge in [0, 0.05) is 19.8 Å². The summed E-state index contributed by atoms with van der Waals surface area (Å²) in [6.07, 6.45) is 0. The van der Waals surface area contributed by atoms with Crippen molar-refractivity contribution in [1.82, 2.24) is 4.57 Å². The van der Waals surface area contributed by atoms with Gasteiger partial charge in [0.05, 0.1) is 12.1 Å². The molecule has 0 aliphatic carbocycles. The van der Waals surface area contributed by atoms with Crippen molar-refractivity contribution in [2.45, 2.75) is 16.3 Å². The van der Waals surface area contributed by atoms with E-state index in [1.165, 1.54) is 16.7 Å². The van der Waals surface area contributed by atoms with Gasteiger partial charge in [-0.3, -0.25) is 4.79 Å². The van der Waals surface area contributed by atoms with E-state index in [-0.39, 0.29) is 28.2 Å². The molecule has 2 heterocycles. The Bertz CT molecular complexity index is 1700. The van der Waals surface area contributed by atoms with Gasteiger partial charge in [-0.2, -0.15) is 0 Å². The second-order valence-corrected chi connectivity index (χ2v) is 9.95. The van der Waals surface area contributed by atoms with Gasteiger partial charge in [0.15, 0.2) is 11.3 Å². The molecular formula is C25H14BrClFNO4S. The first-order valence-corrected chi connectivity index (χ1v) is 12.0. The van der Waals surface area contributed by atoms with Gasteiger partial charge >= 0.3 is 5.63 Å². The van der Waals surface area contributed by atoms with Crippen molar-refractivity contribution in [3.05, 3.63) is 108 Å². The molecule has 0 atom stereocenters. The van der Waals surface area contributed by atoms with Crippen molar-refractivity contribution < 1.29 is 13.9 Å². The van der Waals surface area contributed by atoms with Gasteiger partial charge in [0.1, 0.15) is 16.1 Å². The van der Waals surface area contributed by atoms with Crippen LogP contribution in [-0.4, -0.2) is 9.67 Å². The third-order valence-corrected chi connectivity index (χ3v) is 7.07. The first-order chi connectivity index (χ1) is 16.3. The Hall–Kier alpha value is -3.07. The van der Waals surface area contributed by atoms with Gasteiger partial charge in [0.2, 0.25) is 0 Å². The molecule has 3 aromatic carbocycles. The molecule has 34 heavy (non-hydrogen) atoms. The molecule has 170 valence electrons. The van der Waals surface area contributed by atoms with Crippen LogP contribution in [0.15, 0.2) is 95.0 Å². The molecule has 0 fully saturated rings. The molecule has 5 rings (SSSR count). The second kappa shape index (κ2) is 8.94. The van der Waals surface area contributed by atoms with Gasteiger partial charge in [-0.05, 0) is 54.1 Å². The number of hydrogen-bond acceptors (Lipinski definition) is 5. The summed E-state index contributed by atoms with van der Waals surface area (Å²) in [7, 11) is 0. The summed E-state index contributed by atoms with van der Waals surface area (Å²) in [5, 5.41) is 11.9. The van der Waals surface area contributed by atoms with E-state index in [2.05, 4.69) is 15.9 Å². The summed E-state index contributed by atoms with van der Waals surface area (Å²) in [6.45, 7) is 0.122. The van der Waals surface area contributed by atoms with E-state index in [1.807, 2.05) is 0 Å². The van der Waals surface area contributed by atoms with Gasteiger partial charge < -0.3 is 14.1 Å². The lowest BCUT2D eigenvalue weighted by molar-refractivity contribution is 0.446. The Balaban J connectivity index is 1.79. The van der Waals surface area contributed by atoms with Crippen LogP contribution in [0.25, 0.3) is 21.9 Å². The molecule has 5 aromatic rings.